The van der Waals surface area contributed by atoms with E-state index in [0.717, 1.165) is 37.6 Å². The minimum Gasteiger partial charge on any atom is -0.490 e. The number of piperazine rings is 1. The van der Waals surface area contributed by atoms with Crippen molar-refractivity contribution in [1.82, 2.24) is 9.62 Å². The molecular weight excluding hydrogens is 314 g/mol. The molecule has 0 saturated carbocycles. The fourth-order valence-electron chi connectivity index (χ4n) is 2.91. The van der Waals surface area contributed by atoms with Crippen LogP contribution < -0.4 is 15.0 Å². The fourth-order valence-corrected chi connectivity index (χ4v) is 4.10. The van der Waals surface area contributed by atoms with Crippen LogP contribution in [0.15, 0.2) is 24.3 Å². The van der Waals surface area contributed by atoms with Crippen molar-refractivity contribution in [3.05, 3.63) is 24.3 Å². The van der Waals surface area contributed by atoms with Gasteiger partial charge in [-0.3, -0.25) is 0 Å². The zero-order valence-electron chi connectivity index (χ0n) is 14.2. The maximum absolute atomic E-state index is 11.8. The Morgan fingerprint density at radius 1 is 1.30 bits per heavy atom. The summed E-state index contributed by atoms with van der Waals surface area (Å²) in [5, 5.41) is 3.34. The van der Waals surface area contributed by atoms with E-state index < -0.39 is 10.0 Å². The minimum atomic E-state index is -3.21. The largest absolute Gasteiger partial charge is 0.490 e. The summed E-state index contributed by atoms with van der Waals surface area (Å²) in [5.41, 5.74) is 1.07. The molecule has 1 saturated heterocycles. The molecule has 130 valence electrons. The Balaban J connectivity index is 2.05. The molecule has 0 aromatic heterocycles. The highest BCUT2D eigenvalue weighted by atomic mass is 32.2. The van der Waals surface area contributed by atoms with Crippen LogP contribution in [0.5, 0.6) is 5.75 Å². The van der Waals surface area contributed by atoms with Crippen molar-refractivity contribution >= 4 is 15.7 Å². The van der Waals surface area contributed by atoms with Gasteiger partial charge in [-0.05, 0) is 19.1 Å². The van der Waals surface area contributed by atoms with Gasteiger partial charge in [0.05, 0.1) is 18.0 Å². The van der Waals surface area contributed by atoms with Crippen LogP contribution in [0.3, 0.4) is 0 Å². The molecule has 0 aliphatic carbocycles. The maximum Gasteiger partial charge on any atom is 0.211 e. The van der Waals surface area contributed by atoms with Gasteiger partial charge in [0.15, 0.2) is 0 Å². The number of benzene rings is 1. The molecule has 0 amide bonds. The quantitative estimate of drug-likeness (QED) is 0.806. The molecule has 1 fully saturated rings. The minimum absolute atomic E-state index is 0.203. The Bertz CT molecular complexity index is 600. The van der Waals surface area contributed by atoms with E-state index in [1.807, 2.05) is 32.0 Å². The summed E-state index contributed by atoms with van der Waals surface area (Å²) in [6.07, 6.45) is 1.24. The third-order valence-corrected chi connectivity index (χ3v) is 5.50. The van der Waals surface area contributed by atoms with Crippen LogP contribution in [0.4, 0.5) is 5.69 Å². The summed E-state index contributed by atoms with van der Waals surface area (Å²) >= 11 is 0. The van der Waals surface area contributed by atoms with Crippen LogP contribution in [0.2, 0.25) is 0 Å². The molecule has 1 aliphatic rings. The Morgan fingerprint density at radius 2 is 1.96 bits per heavy atom. The zero-order valence-corrected chi connectivity index (χ0v) is 15.0. The average Bonchev–Trinajstić information content (AvgIpc) is 2.53. The molecular formula is C16H27N3O3S. The number of hydrogen-bond acceptors (Lipinski definition) is 5. The Morgan fingerprint density at radius 3 is 2.57 bits per heavy atom. The molecule has 23 heavy (non-hydrogen) atoms. The van der Waals surface area contributed by atoms with Crippen LogP contribution in [0.25, 0.3) is 0 Å². The van der Waals surface area contributed by atoms with E-state index in [4.69, 9.17) is 4.74 Å². The van der Waals surface area contributed by atoms with Gasteiger partial charge in [0, 0.05) is 32.7 Å². The first-order chi connectivity index (χ1) is 10.9. The van der Waals surface area contributed by atoms with Crippen molar-refractivity contribution < 1.29 is 13.2 Å². The van der Waals surface area contributed by atoms with Gasteiger partial charge in [0.1, 0.15) is 12.4 Å². The summed E-state index contributed by atoms with van der Waals surface area (Å²) in [6.45, 7) is 8.31. The van der Waals surface area contributed by atoms with Gasteiger partial charge in [-0.15, -0.1) is 0 Å². The third kappa shape index (κ3) is 4.83. The Labute approximate surface area is 139 Å². The molecule has 0 bridgehead atoms. The first-order valence-electron chi connectivity index (χ1n) is 8.07. The smallest absolute Gasteiger partial charge is 0.211 e. The monoisotopic (exact) mass is 341 g/mol. The molecule has 7 heteroatoms. The van der Waals surface area contributed by atoms with E-state index in [0.29, 0.717) is 13.2 Å². The molecule has 1 N–H and O–H groups in total. The molecule has 0 spiro atoms. The lowest BCUT2D eigenvalue weighted by molar-refractivity contribution is 0.220. The standard InChI is InChI=1S/C16H27N3O3S/c1-4-19(23(3,20)21)14(2)13-22-16-8-6-5-7-15(16)18-11-9-17-10-12-18/h5-8,14,17H,4,9-13H2,1-3H3/t14-/m1/s1. The molecule has 0 unspecified atom stereocenters. The van der Waals surface area contributed by atoms with Crippen molar-refractivity contribution in [2.24, 2.45) is 0 Å². The SMILES string of the molecule is CCN([C@H](C)COc1ccccc1N1CCNCC1)S(C)(=O)=O. The number of sulfonamides is 1. The number of nitrogens with zero attached hydrogens (tertiary/aromatic N) is 2. The lowest BCUT2D eigenvalue weighted by Crippen LogP contribution is -2.44. The number of ether oxygens (including phenoxy) is 1. The molecule has 1 heterocycles. The molecule has 2 rings (SSSR count). The van der Waals surface area contributed by atoms with Crippen LogP contribution in [0.1, 0.15) is 13.8 Å². The van der Waals surface area contributed by atoms with E-state index in [2.05, 4.69) is 16.3 Å². The average molecular weight is 341 g/mol. The Hall–Kier alpha value is -1.31. The number of para-hydroxylation sites is 2. The van der Waals surface area contributed by atoms with E-state index >= 15 is 0 Å². The van der Waals surface area contributed by atoms with Crippen LogP contribution in [-0.4, -0.2) is 64.4 Å². The second kappa shape index (κ2) is 7.99. The van der Waals surface area contributed by atoms with Crippen LogP contribution in [-0.2, 0) is 10.0 Å². The van der Waals surface area contributed by atoms with Crippen molar-refractivity contribution in [3.63, 3.8) is 0 Å². The predicted octanol–water partition coefficient (Wildman–Crippen LogP) is 1.15. The van der Waals surface area contributed by atoms with E-state index in [9.17, 15) is 8.42 Å². The van der Waals surface area contributed by atoms with Gasteiger partial charge in [-0.2, -0.15) is 4.31 Å². The first-order valence-corrected chi connectivity index (χ1v) is 9.92. The van der Waals surface area contributed by atoms with Gasteiger partial charge >= 0.3 is 0 Å². The summed E-state index contributed by atoms with van der Waals surface area (Å²) in [4.78, 5) is 2.30. The fraction of sp³-hybridized carbons (Fsp3) is 0.625. The van der Waals surface area contributed by atoms with E-state index in [1.54, 1.807) is 0 Å². The lowest BCUT2D eigenvalue weighted by Gasteiger charge is -2.31. The number of nitrogens with one attached hydrogen (secondary N) is 1. The first kappa shape index (κ1) is 18.0. The summed E-state index contributed by atoms with van der Waals surface area (Å²) in [7, 11) is -3.21. The number of likely N-dealkylation sites (N-methyl/N-ethyl adjacent to an activating group) is 1. The number of anilines is 1. The molecule has 1 aromatic rings. The highest BCUT2D eigenvalue weighted by molar-refractivity contribution is 7.88. The summed E-state index contributed by atoms with van der Waals surface area (Å²) in [5.74, 6) is 0.811. The van der Waals surface area contributed by atoms with E-state index in [1.165, 1.54) is 10.6 Å². The molecule has 1 aliphatic heterocycles. The number of rotatable bonds is 7. The topological polar surface area (TPSA) is 61.9 Å². The molecule has 6 nitrogen and oxygen atoms in total. The highest BCUT2D eigenvalue weighted by Crippen LogP contribution is 2.28. The van der Waals surface area contributed by atoms with E-state index in [-0.39, 0.29) is 6.04 Å². The van der Waals surface area contributed by atoms with Crippen molar-refractivity contribution in [2.45, 2.75) is 19.9 Å². The zero-order chi connectivity index (χ0) is 16.9. The lowest BCUT2D eigenvalue weighted by atomic mass is 10.2. The van der Waals surface area contributed by atoms with Gasteiger partial charge in [-0.1, -0.05) is 19.1 Å². The molecule has 0 radical (unpaired) electrons. The molecule has 1 aromatic carbocycles. The normalized spacial score (nSPS) is 17.3. The second-order valence-corrected chi connectivity index (χ2v) is 7.77. The summed E-state index contributed by atoms with van der Waals surface area (Å²) in [6, 6.07) is 7.74. The van der Waals surface area contributed by atoms with Crippen LogP contribution in [0, 0.1) is 0 Å². The second-order valence-electron chi connectivity index (χ2n) is 5.83. The van der Waals surface area contributed by atoms with Crippen LogP contribution >= 0.6 is 0 Å². The molecule has 1 atom stereocenters. The van der Waals surface area contributed by atoms with Crippen molar-refractivity contribution in [1.29, 1.82) is 0 Å². The van der Waals surface area contributed by atoms with Gasteiger partial charge in [0.2, 0.25) is 10.0 Å². The third-order valence-electron chi connectivity index (χ3n) is 4.03. The van der Waals surface area contributed by atoms with Crippen molar-refractivity contribution in [2.75, 3.05) is 50.5 Å². The maximum atomic E-state index is 11.8. The highest BCUT2D eigenvalue weighted by Gasteiger charge is 2.22. The summed E-state index contributed by atoms with van der Waals surface area (Å²) < 4.78 is 31.0. The van der Waals surface area contributed by atoms with Gasteiger partial charge in [-0.25, -0.2) is 8.42 Å². The number of hydrogen-bond donors (Lipinski definition) is 1. The van der Waals surface area contributed by atoms with Gasteiger partial charge in [0.25, 0.3) is 0 Å². The van der Waals surface area contributed by atoms with Gasteiger partial charge < -0.3 is 15.0 Å². The Kier molecular flexibility index (Phi) is 6.26. The predicted molar refractivity (Wildman–Crippen MR) is 93.7 cm³/mol. The van der Waals surface area contributed by atoms with Crippen molar-refractivity contribution in [3.8, 4) is 5.75 Å².